The van der Waals surface area contributed by atoms with E-state index in [0.29, 0.717) is 19.0 Å². The van der Waals surface area contributed by atoms with Crippen molar-refractivity contribution in [2.45, 2.75) is 56.7 Å². The quantitative estimate of drug-likeness (QED) is 0.481. The van der Waals surface area contributed by atoms with Gasteiger partial charge in [-0.1, -0.05) is 30.0 Å². The first-order valence-corrected chi connectivity index (χ1v) is 13.5. The van der Waals surface area contributed by atoms with Crippen LogP contribution in [0.15, 0.2) is 33.7 Å². The molecule has 0 aliphatic carbocycles. The summed E-state index contributed by atoms with van der Waals surface area (Å²) in [5, 5.41) is 9.36. The van der Waals surface area contributed by atoms with Gasteiger partial charge in [-0.05, 0) is 61.2 Å². The van der Waals surface area contributed by atoms with Crippen molar-refractivity contribution < 1.29 is 33.7 Å². The van der Waals surface area contributed by atoms with Crippen LogP contribution in [0, 0.1) is 5.92 Å². The molecule has 1 N–H and O–H groups in total. The van der Waals surface area contributed by atoms with E-state index >= 15 is 0 Å². The molecule has 3 unspecified atom stereocenters. The number of para-hydroxylation sites is 1. The van der Waals surface area contributed by atoms with Crippen LogP contribution in [0.1, 0.15) is 45.3 Å². The number of hydrogen-bond donors (Lipinski definition) is 1. The molecule has 1 aromatic rings. The molecule has 0 radical (unpaired) electrons. The lowest BCUT2D eigenvalue weighted by Crippen LogP contribution is -2.67. The van der Waals surface area contributed by atoms with Crippen molar-refractivity contribution in [1.82, 2.24) is 9.80 Å². The first-order chi connectivity index (χ1) is 17.1. The zero-order valence-electron chi connectivity index (χ0n) is 20.7. The third-order valence-corrected chi connectivity index (χ3v) is 9.46. The molecule has 196 valence electrons. The van der Waals surface area contributed by atoms with Crippen molar-refractivity contribution in [2.75, 3.05) is 26.9 Å². The molecule has 1 aromatic carbocycles. The van der Waals surface area contributed by atoms with Gasteiger partial charge in [-0.3, -0.25) is 4.79 Å². The van der Waals surface area contributed by atoms with Gasteiger partial charge >= 0.3 is 12.0 Å². The SMILES string of the molecule is COc1ccccc1C(CN1C(=O)N(C(C)(C)C(=O)O)C(=O)C2C(C)=C(Br)SC21)OC1CCOCC1. The third-order valence-electron chi connectivity index (χ3n) is 6.97. The summed E-state index contributed by atoms with van der Waals surface area (Å²) < 4.78 is 18.4. The maximum absolute atomic E-state index is 13.9. The van der Waals surface area contributed by atoms with E-state index < -0.39 is 40.8 Å². The number of nitrogens with zero attached hydrogens (tertiary/aromatic N) is 2. The van der Waals surface area contributed by atoms with Gasteiger partial charge in [0.05, 0.1) is 29.5 Å². The van der Waals surface area contributed by atoms with Crippen LogP contribution in [-0.2, 0) is 19.1 Å². The fourth-order valence-electron chi connectivity index (χ4n) is 4.79. The molecule has 2 fully saturated rings. The molecule has 3 atom stereocenters. The van der Waals surface area contributed by atoms with Crippen molar-refractivity contribution in [3.63, 3.8) is 0 Å². The second-order valence-electron chi connectivity index (χ2n) is 9.59. The van der Waals surface area contributed by atoms with Crippen LogP contribution in [0.5, 0.6) is 5.75 Å². The number of ether oxygens (including phenoxy) is 3. The number of methoxy groups -OCH3 is 1. The molecule has 0 saturated carbocycles. The lowest BCUT2D eigenvalue weighted by molar-refractivity contribution is -0.158. The number of imide groups is 1. The Hall–Kier alpha value is -2.08. The standard InChI is InChI=1S/C25H31BrN2O7S/c1-14-19-21(29)28(25(2,3)23(30)31)24(32)27(22(19)36-20(14)26)13-18(35-15-9-11-34-12-10-15)16-7-5-6-8-17(16)33-4/h5-8,15,18-19,22H,9-13H2,1-4H3,(H,30,31). The Bertz CT molecular complexity index is 1070. The summed E-state index contributed by atoms with van der Waals surface area (Å²) in [5.74, 6) is -1.80. The topological polar surface area (TPSA) is 106 Å². The smallest absolute Gasteiger partial charge is 0.329 e. The number of rotatable bonds is 8. The maximum Gasteiger partial charge on any atom is 0.329 e. The first-order valence-electron chi connectivity index (χ1n) is 11.8. The minimum atomic E-state index is -1.72. The van der Waals surface area contributed by atoms with Gasteiger partial charge in [0.15, 0.2) is 0 Å². The lowest BCUT2D eigenvalue weighted by Gasteiger charge is -2.47. The predicted octanol–water partition coefficient (Wildman–Crippen LogP) is 4.37. The Balaban J connectivity index is 1.74. The van der Waals surface area contributed by atoms with E-state index in [1.807, 2.05) is 31.2 Å². The van der Waals surface area contributed by atoms with Crippen molar-refractivity contribution in [1.29, 1.82) is 0 Å². The Morgan fingerprint density at radius 2 is 1.94 bits per heavy atom. The van der Waals surface area contributed by atoms with Crippen LogP contribution in [0.3, 0.4) is 0 Å². The monoisotopic (exact) mass is 582 g/mol. The van der Waals surface area contributed by atoms with Crippen molar-refractivity contribution in [3.8, 4) is 5.75 Å². The van der Waals surface area contributed by atoms with Gasteiger partial charge in [-0.25, -0.2) is 14.5 Å². The predicted molar refractivity (Wildman–Crippen MR) is 138 cm³/mol. The van der Waals surface area contributed by atoms with Crippen molar-refractivity contribution in [3.05, 3.63) is 39.2 Å². The number of fused-ring (bicyclic) bond motifs is 1. The van der Waals surface area contributed by atoms with E-state index in [4.69, 9.17) is 14.2 Å². The summed E-state index contributed by atoms with van der Waals surface area (Å²) in [6, 6.07) is 6.84. The van der Waals surface area contributed by atoms with E-state index in [1.165, 1.54) is 25.6 Å². The van der Waals surface area contributed by atoms with Gasteiger partial charge in [0, 0.05) is 18.8 Å². The zero-order valence-corrected chi connectivity index (χ0v) is 23.1. The Labute approximate surface area is 223 Å². The molecule has 3 aliphatic rings. The van der Waals surface area contributed by atoms with Crippen LogP contribution < -0.4 is 4.74 Å². The Morgan fingerprint density at radius 1 is 1.28 bits per heavy atom. The Kier molecular flexibility index (Phi) is 8.04. The van der Waals surface area contributed by atoms with Crippen molar-refractivity contribution in [2.24, 2.45) is 5.92 Å². The molecule has 3 heterocycles. The maximum atomic E-state index is 13.9. The van der Waals surface area contributed by atoms with Crippen LogP contribution in [0.4, 0.5) is 4.79 Å². The molecule has 11 heteroatoms. The summed E-state index contributed by atoms with van der Waals surface area (Å²) in [5.41, 5.74) is -0.166. The number of carbonyl (C=O) groups excluding carboxylic acids is 2. The Morgan fingerprint density at radius 3 is 2.58 bits per heavy atom. The number of benzene rings is 1. The number of thioether (sulfide) groups is 1. The van der Waals surface area contributed by atoms with E-state index in [2.05, 4.69) is 15.9 Å². The van der Waals surface area contributed by atoms with E-state index in [9.17, 15) is 19.5 Å². The minimum Gasteiger partial charge on any atom is -0.496 e. The minimum absolute atomic E-state index is 0.0691. The van der Waals surface area contributed by atoms with Crippen LogP contribution >= 0.6 is 27.7 Å². The largest absolute Gasteiger partial charge is 0.496 e. The number of carbonyl (C=O) groups is 3. The number of hydrogen-bond acceptors (Lipinski definition) is 7. The molecule has 3 amide bonds. The lowest BCUT2D eigenvalue weighted by atomic mass is 9.92. The van der Waals surface area contributed by atoms with Gasteiger partial charge in [0.1, 0.15) is 22.8 Å². The fraction of sp³-hybridized carbons (Fsp3) is 0.560. The average Bonchev–Trinajstić information content (AvgIpc) is 3.15. The number of urea groups is 1. The highest BCUT2D eigenvalue weighted by Crippen LogP contribution is 2.51. The fourth-order valence-corrected chi connectivity index (χ4v) is 6.89. The second kappa shape index (κ2) is 10.7. The highest BCUT2D eigenvalue weighted by atomic mass is 79.9. The molecule has 9 nitrogen and oxygen atoms in total. The molecule has 0 spiro atoms. The number of carboxylic acid groups (broad SMARTS) is 1. The summed E-state index contributed by atoms with van der Waals surface area (Å²) in [6.45, 7) is 5.88. The highest BCUT2D eigenvalue weighted by molar-refractivity contribution is 9.14. The van der Waals surface area contributed by atoms with Crippen LogP contribution in [0.25, 0.3) is 0 Å². The molecule has 4 rings (SSSR count). The summed E-state index contributed by atoms with van der Waals surface area (Å²) in [7, 11) is 1.58. The molecule has 0 aromatic heterocycles. The third kappa shape index (κ3) is 4.90. The summed E-state index contributed by atoms with van der Waals surface area (Å²) in [4.78, 5) is 42.0. The number of carboxylic acids is 1. The molecular weight excluding hydrogens is 552 g/mol. The van der Waals surface area contributed by atoms with Crippen molar-refractivity contribution >= 4 is 45.6 Å². The summed E-state index contributed by atoms with van der Waals surface area (Å²) in [6.07, 6.45) is 0.824. The second-order valence-corrected chi connectivity index (χ2v) is 12.0. The van der Waals surface area contributed by atoms with Gasteiger partial charge in [-0.15, -0.1) is 0 Å². The van der Waals surface area contributed by atoms with Gasteiger partial charge in [-0.2, -0.15) is 0 Å². The van der Waals surface area contributed by atoms with Gasteiger partial charge in [0.25, 0.3) is 0 Å². The molecule has 3 aliphatic heterocycles. The van der Waals surface area contributed by atoms with E-state index in [-0.39, 0.29) is 12.6 Å². The molecule has 2 saturated heterocycles. The number of amides is 3. The molecule has 0 bridgehead atoms. The zero-order chi connectivity index (χ0) is 26.2. The summed E-state index contributed by atoms with van der Waals surface area (Å²) >= 11 is 4.92. The number of halogens is 1. The van der Waals surface area contributed by atoms with Gasteiger partial charge < -0.3 is 24.2 Å². The average molecular weight is 584 g/mol. The van der Waals surface area contributed by atoms with E-state index in [0.717, 1.165) is 32.7 Å². The highest BCUT2D eigenvalue weighted by Gasteiger charge is 2.57. The number of aliphatic carboxylic acids is 1. The molecular formula is C25H31BrN2O7S. The van der Waals surface area contributed by atoms with Crippen LogP contribution in [0.2, 0.25) is 0 Å². The van der Waals surface area contributed by atoms with Crippen LogP contribution in [-0.4, -0.2) is 76.7 Å². The van der Waals surface area contributed by atoms with Gasteiger partial charge in [0.2, 0.25) is 5.91 Å². The first kappa shape index (κ1) is 27.0. The molecule has 36 heavy (non-hydrogen) atoms. The normalized spacial score (nSPS) is 24.2. The van der Waals surface area contributed by atoms with E-state index in [1.54, 1.807) is 12.0 Å².